The lowest BCUT2D eigenvalue weighted by atomic mass is 10.1. The predicted octanol–water partition coefficient (Wildman–Crippen LogP) is 3.65. The van der Waals surface area contributed by atoms with Crippen molar-refractivity contribution in [2.45, 2.75) is 13.8 Å². The number of aromatic nitrogens is 1. The largest absolute Gasteiger partial charge is 0.451 e. The number of aryl methyl sites for hydroxylation is 1. The number of hydrogen-bond acceptors (Lipinski definition) is 4. The molecule has 0 bridgehead atoms. The molecule has 1 aromatic heterocycles. The Kier molecular flexibility index (Phi) is 4.75. The van der Waals surface area contributed by atoms with Crippen molar-refractivity contribution in [2.75, 3.05) is 11.9 Å². The summed E-state index contributed by atoms with van der Waals surface area (Å²) in [6, 6.07) is 16.5. The number of hydrogen-bond donors (Lipinski definition) is 1. The van der Waals surface area contributed by atoms with Crippen LogP contribution in [0.15, 0.2) is 54.6 Å². The standard InChI is InChI=1S/C20H18N2O3/c1-13-6-5-9-16(14(13)2)22-19(23)12-25-20(24)18-11-10-15-7-3-4-8-17(15)21-18/h3-11H,12H2,1-2H3,(H,22,23). The van der Waals surface area contributed by atoms with Gasteiger partial charge in [-0.3, -0.25) is 4.79 Å². The van der Waals surface area contributed by atoms with Crippen molar-refractivity contribution in [1.82, 2.24) is 4.98 Å². The Labute approximate surface area is 145 Å². The van der Waals surface area contributed by atoms with Crippen LogP contribution in [0.3, 0.4) is 0 Å². The van der Waals surface area contributed by atoms with Gasteiger partial charge in [0.05, 0.1) is 5.52 Å². The zero-order valence-corrected chi connectivity index (χ0v) is 14.1. The van der Waals surface area contributed by atoms with Crippen LogP contribution in [0.25, 0.3) is 10.9 Å². The molecule has 25 heavy (non-hydrogen) atoms. The molecule has 126 valence electrons. The Morgan fingerprint density at radius 1 is 1.00 bits per heavy atom. The smallest absolute Gasteiger partial charge is 0.357 e. The number of para-hydroxylation sites is 1. The molecule has 0 aliphatic heterocycles. The highest BCUT2D eigenvalue weighted by Crippen LogP contribution is 2.18. The predicted molar refractivity (Wildman–Crippen MR) is 96.6 cm³/mol. The Balaban J connectivity index is 1.63. The fourth-order valence-electron chi connectivity index (χ4n) is 2.46. The number of ether oxygens (including phenoxy) is 1. The van der Waals surface area contributed by atoms with Crippen LogP contribution in [-0.4, -0.2) is 23.5 Å². The van der Waals surface area contributed by atoms with Crippen LogP contribution < -0.4 is 5.32 Å². The second-order valence-corrected chi connectivity index (χ2v) is 5.76. The molecule has 1 heterocycles. The van der Waals surface area contributed by atoms with Gasteiger partial charge in [-0.2, -0.15) is 0 Å². The van der Waals surface area contributed by atoms with Gasteiger partial charge in [0.25, 0.3) is 5.91 Å². The molecule has 1 N–H and O–H groups in total. The third-order valence-electron chi connectivity index (χ3n) is 4.02. The van der Waals surface area contributed by atoms with E-state index in [1.54, 1.807) is 12.1 Å². The summed E-state index contributed by atoms with van der Waals surface area (Å²) in [6.45, 7) is 3.53. The van der Waals surface area contributed by atoms with Gasteiger partial charge in [0.15, 0.2) is 6.61 Å². The van der Waals surface area contributed by atoms with Crippen LogP contribution in [-0.2, 0) is 9.53 Å². The number of rotatable bonds is 4. The molecule has 0 spiro atoms. The molecule has 5 heteroatoms. The highest BCUT2D eigenvalue weighted by Gasteiger charge is 2.13. The van der Waals surface area contributed by atoms with E-state index in [4.69, 9.17) is 4.74 Å². The number of fused-ring (bicyclic) bond motifs is 1. The van der Waals surface area contributed by atoms with Crippen molar-refractivity contribution in [3.63, 3.8) is 0 Å². The van der Waals surface area contributed by atoms with E-state index < -0.39 is 5.97 Å². The van der Waals surface area contributed by atoms with Crippen molar-refractivity contribution in [1.29, 1.82) is 0 Å². The van der Waals surface area contributed by atoms with Gasteiger partial charge < -0.3 is 10.1 Å². The number of carbonyl (C=O) groups is 2. The summed E-state index contributed by atoms with van der Waals surface area (Å²) in [6.07, 6.45) is 0. The maximum atomic E-state index is 12.1. The van der Waals surface area contributed by atoms with Gasteiger partial charge in [-0.25, -0.2) is 9.78 Å². The Hall–Kier alpha value is -3.21. The second-order valence-electron chi connectivity index (χ2n) is 5.76. The third kappa shape index (κ3) is 3.83. The summed E-state index contributed by atoms with van der Waals surface area (Å²) in [7, 11) is 0. The van der Waals surface area contributed by atoms with E-state index in [9.17, 15) is 9.59 Å². The number of pyridine rings is 1. The summed E-state index contributed by atoms with van der Waals surface area (Å²) >= 11 is 0. The summed E-state index contributed by atoms with van der Waals surface area (Å²) in [5, 5.41) is 3.69. The Morgan fingerprint density at radius 2 is 1.80 bits per heavy atom. The molecule has 0 aliphatic carbocycles. The van der Waals surface area contributed by atoms with E-state index >= 15 is 0 Å². The van der Waals surface area contributed by atoms with Crippen molar-refractivity contribution in [2.24, 2.45) is 0 Å². The first-order valence-corrected chi connectivity index (χ1v) is 7.93. The first kappa shape index (κ1) is 16.6. The van der Waals surface area contributed by atoms with Crippen LogP contribution >= 0.6 is 0 Å². The van der Waals surface area contributed by atoms with Crippen LogP contribution in [0.4, 0.5) is 5.69 Å². The zero-order valence-electron chi connectivity index (χ0n) is 14.1. The van der Waals surface area contributed by atoms with Crippen LogP contribution in [0.5, 0.6) is 0 Å². The summed E-state index contributed by atoms with van der Waals surface area (Å²) in [5.74, 6) is -1.01. The van der Waals surface area contributed by atoms with E-state index in [1.165, 1.54) is 0 Å². The normalized spacial score (nSPS) is 10.5. The molecule has 0 unspecified atom stereocenters. The average molecular weight is 334 g/mol. The molecule has 0 saturated carbocycles. The lowest BCUT2D eigenvalue weighted by molar-refractivity contribution is -0.119. The first-order valence-electron chi connectivity index (χ1n) is 7.93. The van der Waals surface area contributed by atoms with Crippen molar-refractivity contribution in [3.05, 3.63) is 71.4 Å². The lowest BCUT2D eigenvalue weighted by Crippen LogP contribution is -2.21. The van der Waals surface area contributed by atoms with Crippen molar-refractivity contribution in [3.8, 4) is 0 Å². The van der Waals surface area contributed by atoms with E-state index in [1.807, 2.05) is 56.3 Å². The number of nitrogens with zero attached hydrogens (tertiary/aromatic N) is 1. The van der Waals surface area contributed by atoms with Gasteiger partial charge in [-0.05, 0) is 43.2 Å². The van der Waals surface area contributed by atoms with E-state index in [0.29, 0.717) is 11.2 Å². The SMILES string of the molecule is Cc1cccc(NC(=O)COC(=O)c2ccc3ccccc3n2)c1C. The van der Waals surface area contributed by atoms with Gasteiger partial charge in [-0.15, -0.1) is 0 Å². The van der Waals surface area contributed by atoms with Crippen molar-refractivity contribution < 1.29 is 14.3 Å². The third-order valence-corrected chi connectivity index (χ3v) is 4.02. The number of amides is 1. The molecular formula is C20H18N2O3. The topological polar surface area (TPSA) is 68.3 Å². The fraction of sp³-hybridized carbons (Fsp3) is 0.150. The second kappa shape index (κ2) is 7.13. The minimum Gasteiger partial charge on any atom is -0.451 e. The molecule has 5 nitrogen and oxygen atoms in total. The van der Waals surface area contributed by atoms with Gasteiger partial charge >= 0.3 is 5.97 Å². The highest BCUT2D eigenvalue weighted by atomic mass is 16.5. The molecule has 3 aromatic rings. The van der Waals surface area contributed by atoms with Crippen LogP contribution in [0, 0.1) is 13.8 Å². The minimum absolute atomic E-state index is 0.179. The minimum atomic E-state index is -0.623. The monoisotopic (exact) mass is 334 g/mol. The molecule has 0 aliphatic rings. The molecular weight excluding hydrogens is 316 g/mol. The van der Waals surface area contributed by atoms with E-state index in [2.05, 4.69) is 10.3 Å². The lowest BCUT2D eigenvalue weighted by Gasteiger charge is -2.10. The number of nitrogens with one attached hydrogen (secondary N) is 1. The molecule has 0 radical (unpaired) electrons. The maximum absolute atomic E-state index is 12.1. The Bertz CT molecular complexity index is 951. The number of anilines is 1. The summed E-state index contributed by atoms with van der Waals surface area (Å²) < 4.78 is 5.07. The first-order chi connectivity index (χ1) is 12.0. The highest BCUT2D eigenvalue weighted by molar-refractivity contribution is 5.96. The molecule has 0 fully saturated rings. The van der Waals surface area contributed by atoms with E-state index in [-0.39, 0.29) is 18.2 Å². The zero-order chi connectivity index (χ0) is 17.8. The van der Waals surface area contributed by atoms with Gasteiger partial charge in [0.1, 0.15) is 5.69 Å². The quantitative estimate of drug-likeness (QED) is 0.740. The van der Waals surface area contributed by atoms with Crippen LogP contribution in [0.2, 0.25) is 0 Å². The van der Waals surface area contributed by atoms with E-state index in [0.717, 1.165) is 16.5 Å². The average Bonchev–Trinajstić information content (AvgIpc) is 2.63. The molecule has 0 saturated heterocycles. The number of carbonyl (C=O) groups excluding carboxylic acids is 2. The molecule has 2 aromatic carbocycles. The van der Waals surface area contributed by atoms with Crippen LogP contribution in [0.1, 0.15) is 21.6 Å². The summed E-state index contributed by atoms with van der Waals surface area (Å²) in [4.78, 5) is 28.4. The number of esters is 1. The molecule has 0 atom stereocenters. The van der Waals surface area contributed by atoms with Gasteiger partial charge in [-0.1, -0.05) is 36.4 Å². The number of benzene rings is 2. The molecule has 3 rings (SSSR count). The summed E-state index contributed by atoms with van der Waals surface area (Å²) in [5.41, 5.74) is 3.66. The van der Waals surface area contributed by atoms with Gasteiger partial charge in [0, 0.05) is 11.1 Å². The maximum Gasteiger partial charge on any atom is 0.357 e. The Morgan fingerprint density at radius 3 is 2.64 bits per heavy atom. The molecule has 1 amide bonds. The van der Waals surface area contributed by atoms with Crippen molar-refractivity contribution >= 4 is 28.5 Å². The van der Waals surface area contributed by atoms with Gasteiger partial charge in [0.2, 0.25) is 0 Å². The fourth-order valence-corrected chi connectivity index (χ4v) is 2.46.